The van der Waals surface area contributed by atoms with E-state index in [4.69, 9.17) is 4.99 Å². The smallest absolute Gasteiger partial charge is 0.191 e. The molecule has 2 N–H and O–H groups in total. The van der Waals surface area contributed by atoms with Crippen molar-refractivity contribution in [1.29, 1.82) is 0 Å². The van der Waals surface area contributed by atoms with Crippen molar-refractivity contribution >= 4 is 35.6 Å². The summed E-state index contributed by atoms with van der Waals surface area (Å²) in [5, 5.41) is 6.93. The van der Waals surface area contributed by atoms with Gasteiger partial charge in [0.25, 0.3) is 0 Å². The lowest BCUT2D eigenvalue weighted by Crippen LogP contribution is -2.48. The van der Waals surface area contributed by atoms with Crippen LogP contribution in [0, 0.1) is 5.82 Å². The van der Waals surface area contributed by atoms with Gasteiger partial charge in [0.05, 0.1) is 6.54 Å². The summed E-state index contributed by atoms with van der Waals surface area (Å²) in [5.74, 6) is 0.667. The van der Waals surface area contributed by atoms with Gasteiger partial charge in [-0.15, -0.1) is 24.0 Å². The number of nitrogens with zero attached hydrogens (tertiary/aromatic N) is 3. The maximum Gasteiger partial charge on any atom is 0.191 e. The fraction of sp³-hybridized carbons (Fsp3) is 0.458. The van der Waals surface area contributed by atoms with Crippen LogP contribution < -0.4 is 15.5 Å². The maximum absolute atomic E-state index is 14.0. The van der Waals surface area contributed by atoms with Gasteiger partial charge in [0.15, 0.2) is 5.96 Å². The van der Waals surface area contributed by atoms with Gasteiger partial charge in [-0.05, 0) is 63.7 Å². The highest BCUT2D eigenvalue weighted by Crippen LogP contribution is 2.19. The van der Waals surface area contributed by atoms with Crippen LogP contribution in [0.3, 0.4) is 0 Å². The van der Waals surface area contributed by atoms with E-state index in [0.717, 1.165) is 44.0 Å². The van der Waals surface area contributed by atoms with E-state index in [-0.39, 0.29) is 29.8 Å². The fourth-order valence-corrected chi connectivity index (χ4v) is 3.79. The topological polar surface area (TPSA) is 42.9 Å². The molecule has 0 radical (unpaired) electrons. The third-order valence-corrected chi connectivity index (χ3v) is 5.32. The molecule has 0 saturated carbocycles. The second-order valence-electron chi connectivity index (χ2n) is 8.10. The van der Waals surface area contributed by atoms with Crippen molar-refractivity contribution in [3.8, 4) is 0 Å². The zero-order valence-corrected chi connectivity index (χ0v) is 21.1. The normalized spacial score (nSPS) is 15.0. The fourth-order valence-electron chi connectivity index (χ4n) is 3.79. The van der Waals surface area contributed by atoms with Gasteiger partial charge >= 0.3 is 0 Å². The van der Waals surface area contributed by atoms with Crippen LogP contribution in [-0.2, 0) is 13.1 Å². The van der Waals surface area contributed by atoms with Gasteiger partial charge in [-0.1, -0.05) is 24.3 Å². The summed E-state index contributed by atoms with van der Waals surface area (Å²) in [6, 6.07) is 16.3. The number of hydrogen-bond donors (Lipinski definition) is 2. The Bertz CT molecular complexity index is 820. The minimum Gasteiger partial charge on any atom is -0.371 e. The second-order valence-corrected chi connectivity index (χ2v) is 8.10. The first-order valence-corrected chi connectivity index (χ1v) is 10.8. The standard InChI is InChI=1S/C24H34FN5.HI/c1-4-26-24(27-17-19-10-11-23(25)20(16-19)18-29(2)3)28-21-12-14-30(15-13-21)22-8-6-5-7-9-22;/h5-11,16,21H,4,12-15,17-18H2,1-3H3,(H2,26,27,28);1H. The number of rotatable bonds is 7. The molecule has 1 heterocycles. The van der Waals surface area contributed by atoms with Crippen LogP contribution in [0.4, 0.5) is 10.1 Å². The molecule has 0 amide bonds. The molecule has 0 atom stereocenters. The molecule has 2 aromatic rings. The molecule has 1 aliphatic rings. The zero-order valence-electron chi connectivity index (χ0n) is 18.8. The lowest BCUT2D eigenvalue weighted by Gasteiger charge is -2.34. The van der Waals surface area contributed by atoms with Crippen LogP contribution in [0.1, 0.15) is 30.9 Å². The molecule has 3 rings (SSSR count). The van der Waals surface area contributed by atoms with E-state index in [9.17, 15) is 4.39 Å². The van der Waals surface area contributed by atoms with Crippen LogP contribution >= 0.6 is 24.0 Å². The summed E-state index contributed by atoms with van der Waals surface area (Å²) in [6.45, 7) is 6.06. The molecule has 1 aliphatic heterocycles. The van der Waals surface area contributed by atoms with Crippen molar-refractivity contribution in [2.75, 3.05) is 38.6 Å². The summed E-state index contributed by atoms with van der Waals surface area (Å²) in [6.07, 6.45) is 2.14. The molecule has 1 saturated heterocycles. The highest BCUT2D eigenvalue weighted by atomic mass is 127. The van der Waals surface area contributed by atoms with Gasteiger partial charge < -0.3 is 20.4 Å². The van der Waals surface area contributed by atoms with E-state index in [2.05, 4.69) is 52.8 Å². The van der Waals surface area contributed by atoms with E-state index in [1.165, 1.54) is 5.69 Å². The molecule has 0 unspecified atom stereocenters. The summed E-state index contributed by atoms with van der Waals surface area (Å²) in [5.41, 5.74) is 3.02. The van der Waals surface area contributed by atoms with Gasteiger partial charge in [-0.3, -0.25) is 0 Å². The Kier molecular flexibility index (Phi) is 10.5. The van der Waals surface area contributed by atoms with E-state index in [1.807, 2.05) is 31.1 Å². The Balaban J connectivity index is 0.00000341. The van der Waals surface area contributed by atoms with Crippen molar-refractivity contribution in [1.82, 2.24) is 15.5 Å². The number of guanidine groups is 1. The molecule has 2 aromatic carbocycles. The summed E-state index contributed by atoms with van der Waals surface area (Å²) >= 11 is 0. The van der Waals surface area contributed by atoms with E-state index in [1.54, 1.807) is 6.07 Å². The molecule has 1 fully saturated rings. The van der Waals surface area contributed by atoms with Crippen LogP contribution in [0.2, 0.25) is 0 Å². The van der Waals surface area contributed by atoms with Gasteiger partial charge in [0.2, 0.25) is 0 Å². The van der Waals surface area contributed by atoms with Gasteiger partial charge in [0, 0.05) is 43.5 Å². The highest BCUT2D eigenvalue weighted by molar-refractivity contribution is 14.0. The second kappa shape index (κ2) is 12.9. The molecule has 5 nitrogen and oxygen atoms in total. The minimum absolute atomic E-state index is 0. The number of piperidine rings is 1. The number of para-hydroxylation sites is 1. The summed E-state index contributed by atoms with van der Waals surface area (Å²) in [4.78, 5) is 9.16. The van der Waals surface area contributed by atoms with Crippen molar-refractivity contribution in [3.05, 3.63) is 65.5 Å². The molecule has 170 valence electrons. The van der Waals surface area contributed by atoms with Gasteiger partial charge in [0.1, 0.15) is 5.82 Å². The number of nitrogens with one attached hydrogen (secondary N) is 2. The Labute approximate surface area is 203 Å². The first-order valence-electron chi connectivity index (χ1n) is 10.8. The van der Waals surface area contributed by atoms with Crippen LogP contribution in [0.5, 0.6) is 0 Å². The quantitative estimate of drug-likeness (QED) is 0.314. The van der Waals surface area contributed by atoms with Crippen LogP contribution in [0.25, 0.3) is 0 Å². The third kappa shape index (κ3) is 7.96. The summed E-state index contributed by atoms with van der Waals surface area (Å²) in [7, 11) is 3.89. The average molecular weight is 539 g/mol. The zero-order chi connectivity index (χ0) is 21.3. The van der Waals surface area contributed by atoms with Crippen molar-refractivity contribution in [2.45, 2.75) is 38.9 Å². The van der Waals surface area contributed by atoms with Crippen molar-refractivity contribution < 1.29 is 4.39 Å². The first-order chi connectivity index (χ1) is 14.5. The molecule has 7 heteroatoms. The number of anilines is 1. The van der Waals surface area contributed by atoms with E-state index >= 15 is 0 Å². The Morgan fingerprint density at radius 1 is 1.13 bits per heavy atom. The lowest BCUT2D eigenvalue weighted by molar-refractivity contribution is 0.392. The maximum atomic E-state index is 14.0. The Morgan fingerprint density at radius 2 is 1.84 bits per heavy atom. The monoisotopic (exact) mass is 539 g/mol. The predicted molar refractivity (Wildman–Crippen MR) is 139 cm³/mol. The Morgan fingerprint density at radius 3 is 2.48 bits per heavy atom. The molecule has 0 spiro atoms. The molecular formula is C24H35FIN5. The molecule has 31 heavy (non-hydrogen) atoms. The lowest BCUT2D eigenvalue weighted by atomic mass is 10.0. The molecule has 0 aromatic heterocycles. The third-order valence-electron chi connectivity index (χ3n) is 5.32. The average Bonchev–Trinajstić information content (AvgIpc) is 2.75. The largest absolute Gasteiger partial charge is 0.371 e. The first kappa shape index (κ1) is 25.4. The number of hydrogen-bond acceptors (Lipinski definition) is 3. The minimum atomic E-state index is -0.161. The Hall–Kier alpha value is -1.87. The molecular weight excluding hydrogens is 504 g/mol. The van der Waals surface area contributed by atoms with Crippen LogP contribution in [-0.4, -0.2) is 50.6 Å². The number of benzene rings is 2. The van der Waals surface area contributed by atoms with Crippen molar-refractivity contribution in [3.63, 3.8) is 0 Å². The molecule has 0 bridgehead atoms. The van der Waals surface area contributed by atoms with E-state index in [0.29, 0.717) is 24.7 Å². The predicted octanol–water partition coefficient (Wildman–Crippen LogP) is 4.23. The molecule has 0 aliphatic carbocycles. The SMILES string of the molecule is CCNC(=NCc1ccc(F)c(CN(C)C)c1)NC1CCN(c2ccccc2)CC1.I. The van der Waals surface area contributed by atoms with E-state index < -0.39 is 0 Å². The number of halogens is 2. The summed E-state index contributed by atoms with van der Waals surface area (Å²) < 4.78 is 14.0. The van der Waals surface area contributed by atoms with Crippen molar-refractivity contribution in [2.24, 2.45) is 4.99 Å². The van der Waals surface area contributed by atoms with Gasteiger partial charge in [-0.2, -0.15) is 0 Å². The van der Waals surface area contributed by atoms with Gasteiger partial charge in [-0.25, -0.2) is 9.38 Å². The van der Waals surface area contributed by atoms with Crippen LogP contribution in [0.15, 0.2) is 53.5 Å². The highest BCUT2D eigenvalue weighted by Gasteiger charge is 2.20. The number of aliphatic imine (C=N–C) groups is 1.